The van der Waals surface area contributed by atoms with E-state index in [0.29, 0.717) is 5.92 Å². The third-order valence-electron chi connectivity index (χ3n) is 4.83. The van der Waals surface area contributed by atoms with Crippen molar-refractivity contribution < 1.29 is 9.13 Å². The zero-order chi connectivity index (χ0) is 17.6. The van der Waals surface area contributed by atoms with Crippen LogP contribution in [-0.2, 0) is 11.8 Å². The van der Waals surface area contributed by atoms with Crippen molar-refractivity contribution in [2.24, 2.45) is 13.0 Å². The molecule has 1 fully saturated rings. The number of hydrogen-bond donors (Lipinski definition) is 1. The molecule has 1 aliphatic heterocycles. The molecule has 0 bridgehead atoms. The fourth-order valence-corrected chi connectivity index (χ4v) is 3.42. The summed E-state index contributed by atoms with van der Waals surface area (Å²) < 4.78 is 20.2. The Kier molecular flexibility index (Phi) is 6.18. The number of ether oxygens (including phenoxy) is 1. The molecular formula is C19H27FN4O. The highest BCUT2D eigenvalue weighted by Crippen LogP contribution is 2.23. The van der Waals surface area contributed by atoms with Crippen LogP contribution in [0.3, 0.4) is 0 Å². The van der Waals surface area contributed by atoms with Crippen LogP contribution in [0.5, 0.6) is 0 Å². The smallest absolute Gasteiger partial charge is 0.123 e. The number of benzene rings is 1. The van der Waals surface area contributed by atoms with Crippen molar-refractivity contribution in [3.05, 3.63) is 53.6 Å². The van der Waals surface area contributed by atoms with Gasteiger partial charge in [0.1, 0.15) is 5.82 Å². The second-order valence-corrected chi connectivity index (χ2v) is 6.76. The van der Waals surface area contributed by atoms with E-state index in [0.717, 1.165) is 44.0 Å². The van der Waals surface area contributed by atoms with E-state index < -0.39 is 0 Å². The predicted octanol–water partition coefficient (Wildman–Crippen LogP) is 2.21. The Labute approximate surface area is 148 Å². The summed E-state index contributed by atoms with van der Waals surface area (Å²) in [6.07, 6.45) is 3.13. The van der Waals surface area contributed by atoms with Crippen LogP contribution in [0.15, 0.2) is 36.5 Å². The van der Waals surface area contributed by atoms with E-state index in [1.54, 1.807) is 11.8 Å². The van der Waals surface area contributed by atoms with Gasteiger partial charge in [-0.2, -0.15) is 5.10 Å². The van der Waals surface area contributed by atoms with Crippen molar-refractivity contribution in [2.45, 2.75) is 12.5 Å². The summed E-state index contributed by atoms with van der Waals surface area (Å²) in [5, 5.41) is 8.19. The first kappa shape index (κ1) is 18.0. The van der Waals surface area contributed by atoms with Crippen LogP contribution in [-0.4, -0.2) is 54.6 Å². The van der Waals surface area contributed by atoms with Crippen LogP contribution >= 0.6 is 0 Å². The number of nitrogens with zero attached hydrogens (tertiary/aromatic N) is 3. The standard InChI is InChI=1S/C19H27FN4O/c1-23-9-8-18(22-23)19(16-3-5-17(20)6-4-16)21-13-15-7-10-24(14-15)11-12-25-2/h3-6,8-9,15,19,21H,7,10-14H2,1-2H3. The fourth-order valence-electron chi connectivity index (χ4n) is 3.42. The van der Waals surface area contributed by atoms with E-state index in [9.17, 15) is 4.39 Å². The minimum Gasteiger partial charge on any atom is -0.383 e. The van der Waals surface area contributed by atoms with Crippen LogP contribution in [0.25, 0.3) is 0 Å². The SMILES string of the molecule is COCCN1CCC(CNC(c2ccc(F)cc2)c2ccn(C)n2)C1. The Hall–Kier alpha value is -1.76. The highest BCUT2D eigenvalue weighted by Gasteiger charge is 2.24. The highest BCUT2D eigenvalue weighted by molar-refractivity contribution is 5.27. The quantitative estimate of drug-likeness (QED) is 0.796. The van der Waals surface area contributed by atoms with Gasteiger partial charge in [0.25, 0.3) is 0 Å². The maximum Gasteiger partial charge on any atom is 0.123 e. The first-order chi connectivity index (χ1) is 12.2. The van der Waals surface area contributed by atoms with Gasteiger partial charge in [0.05, 0.1) is 18.3 Å². The second kappa shape index (κ2) is 8.56. The second-order valence-electron chi connectivity index (χ2n) is 6.76. The molecule has 0 amide bonds. The van der Waals surface area contributed by atoms with E-state index in [1.165, 1.54) is 18.6 Å². The van der Waals surface area contributed by atoms with E-state index in [2.05, 4.69) is 15.3 Å². The molecule has 0 saturated carbocycles. The molecule has 1 saturated heterocycles. The Morgan fingerprint density at radius 1 is 1.32 bits per heavy atom. The lowest BCUT2D eigenvalue weighted by molar-refractivity contribution is 0.159. The molecule has 6 heteroatoms. The van der Waals surface area contributed by atoms with Gasteiger partial charge in [-0.25, -0.2) is 4.39 Å². The van der Waals surface area contributed by atoms with Crippen LogP contribution < -0.4 is 5.32 Å². The monoisotopic (exact) mass is 346 g/mol. The molecule has 2 atom stereocenters. The molecule has 0 spiro atoms. The molecule has 3 rings (SSSR count). The molecule has 2 aromatic rings. The zero-order valence-electron chi connectivity index (χ0n) is 15.0. The maximum absolute atomic E-state index is 13.3. The predicted molar refractivity (Wildman–Crippen MR) is 95.9 cm³/mol. The molecule has 25 heavy (non-hydrogen) atoms. The van der Waals surface area contributed by atoms with Gasteiger partial charge in [0.15, 0.2) is 0 Å². The first-order valence-electron chi connectivity index (χ1n) is 8.85. The lowest BCUT2D eigenvalue weighted by atomic mass is 10.0. The molecular weight excluding hydrogens is 319 g/mol. The lowest BCUT2D eigenvalue weighted by Gasteiger charge is -2.21. The molecule has 1 aromatic carbocycles. The molecule has 5 nitrogen and oxygen atoms in total. The summed E-state index contributed by atoms with van der Waals surface area (Å²) in [5.41, 5.74) is 2.00. The molecule has 0 aliphatic carbocycles. The van der Waals surface area contributed by atoms with E-state index in [-0.39, 0.29) is 11.9 Å². The van der Waals surface area contributed by atoms with E-state index in [1.807, 2.05) is 31.4 Å². The summed E-state index contributed by atoms with van der Waals surface area (Å²) in [4.78, 5) is 2.45. The summed E-state index contributed by atoms with van der Waals surface area (Å²) in [5.74, 6) is 0.400. The Morgan fingerprint density at radius 2 is 2.12 bits per heavy atom. The third kappa shape index (κ3) is 4.87. The van der Waals surface area contributed by atoms with Gasteiger partial charge in [-0.3, -0.25) is 4.68 Å². The maximum atomic E-state index is 13.3. The molecule has 136 valence electrons. The summed E-state index contributed by atoms with van der Waals surface area (Å²) in [6, 6.07) is 8.68. The minimum atomic E-state index is -0.215. The number of aromatic nitrogens is 2. The zero-order valence-corrected chi connectivity index (χ0v) is 15.0. The van der Waals surface area contributed by atoms with Gasteiger partial charge in [0.2, 0.25) is 0 Å². The first-order valence-corrected chi connectivity index (χ1v) is 8.85. The number of rotatable bonds is 8. The van der Waals surface area contributed by atoms with Crippen LogP contribution in [0.4, 0.5) is 4.39 Å². The third-order valence-corrected chi connectivity index (χ3v) is 4.83. The van der Waals surface area contributed by atoms with E-state index in [4.69, 9.17) is 4.74 Å². The number of likely N-dealkylation sites (tertiary alicyclic amines) is 1. The van der Waals surface area contributed by atoms with Crippen molar-refractivity contribution in [3.8, 4) is 0 Å². The minimum absolute atomic E-state index is 0.0187. The van der Waals surface area contributed by atoms with Crippen molar-refractivity contribution in [1.29, 1.82) is 0 Å². The van der Waals surface area contributed by atoms with Crippen LogP contribution in [0, 0.1) is 11.7 Å². The molecule has 0 radical (unpaired) electrons. The normalized spacial score (nSPS) is 19.4. The molecule has 1 aromatic heterocycles. The molecule has 2 heterocycles. The number of nitrogens with one attached hydrogen (secondary N) is 1. The van der Waals surface area contributed by atoms with Crippen molar-refractivity contribution in [1.82, 2.24) is 20.0 Å². The summed E-state index contributed by atoms with van der Waals surface area (Å²) >= 11 is 0. The largest absolute Gasteiger partial charge is 0.383 e. The number of hydrogen-bond acceptors (Lipinski definition) is 4. The highest BCUT2D eigenvalue weighted by atomic mass is 19.1. The van der Waals surface area contributed by atoms with Crippen molar-refractivity contribution in [2.75, 3.05) is 39.9 Å². The molecule has 1 aliphatic rings. The lowest BCUT2D eigenvalue weighted by Crippen LogP contribution is -2.31. The van der Waals surface area contributed by atoms with Gasteiger partial charge in [-0.15, -0.1) is 0 Å². The van der Waals surface area contributed by atoms with Crippen LogP contribution in [0.2, 0.25) is 0 Å². The Bertz CT molecular complexity index is 658. The van der Waals surface area contributed by atoms with Gasteiger partial charge in [0, 0.05) is 40.0 Å². The summed E-state index contributed by atoms with van der Waals surface area (Å²) in [6.45, 7) is 4.91. The number of aryl methyl sites for hydroxylation is 1. The van der Waals surface area contributed by atoms with E-state index >= 15 is 0 Å². The number of halogens is 1. The number of methoxy groups -OCH3 is 1. The van der Waals surface area contributed by atoms with Crippen molar-refractivity contribution >= 4 is 0 Å². The Morgan fingerprint density at radius 3 is 2.80 bits per heavy atom. The Balaban J connectivity index is 1.64. The van der Waals surface area contributed by atoms with Gasteiger partial charge in [-0.1, -0.05) is 12.1 Å². The molecule has 2 unspecified atom stereocenters. The van der Waals surface area contributed by atoms with Gasteiger partial charge >= 0.3 is 0 Å². The topological polar surface area (TPSA) is 42.3 Å². The average molecular weight is 346 g/mol. The van der Waals surface area contributed by atoms with Gasteiger partial charge < -0.3 is 15.0 Å². The summed E-state index contributed by atoms with van der Waals surface area (Å²) in [7, 11) is 3.66. The average Bonchev–Trinajstić information content (AvgIpc) is 3.24. The van der Waals surface area contributed by atoms with Gasteiger partial charge in [-0.05, 0) is 42.6 Å². The van der Waals surface area contributed by atoms with Crippen molar-refractivity contribution in [3.63, 3.8) is 0 Å². The molecule has 1 N–H and O–H groups in total. The van der Waals surface area contributed by atoms with Crippen LogP contribution in [0.1, 0.15) is 23.7 Å². The fraction of sp³-hybridized carbons (Fsp3) is 0.526.